The smallest absolute Gasteiger partial charge is 0.226 e. The number of nitrogens with one attached hydrogen (secondary N) is 1. The number of hydrogen-bond acceptors (Lipinski definition) is 3. The van der Waals surface area contributed by atoms with E-state index >= 15 is 0 Å². The highest BCUT2D eigenvalue weighted by Crippen LogP contribution is 2.22. The third-order valence-electron chi connectivity index (χ3n) is 4.84. The minimum atomic E-state index is 0.0244. The Hall–Kier alpha value is -1.84. The van der Waals surface area contributed by atoms with E-state index in [1.807, 2.05) is 13.0 Å². The second-order valence-electron chi connectivity index (χ2n) is 7.06. The summed E-state index contributed by atoms with van der Waals surface area (Å²) in [6.45, 7) is 7.11. The first-order valence-electron chi connectivity index (χ1n) is 9.74. The highest BCUT2D eigenvalue weighted by molar-refractivity contribution is 5.87. The highest BCUT2D eigenvalue weighted by Gasteiger charge is 2.13. The molecule has 0 unspecified atom stereocenters. The molecule has 0 atom stereocenters. The lowest BCUT2D eigenvalue weighted by atomic mass is 10.1. The van der Waals surface area contributed by atoms with Gasteiger partial charge in [-0.1, -0.05) is 57.0 Å². The molecule has 0 saturated carbocycles. The van der Waals surface area contributed by atoms with Crippen molar-refractivity contribution < 1.29 is 9.32 Å². The summed E-state index contributed by atoms with van der Waals surface area (Å²) < 4.78 is 5.35. The van der Waals surface area contributed by atoms with Gasteiger partial charge in [-0.05, 0) is 43.5 Å². The Balaban J connectivity index is 1.67. The molecule has 1 amide bonds. The Morgan fingerprint density at radius 1 is 1.00 bits per heavy atom. The first-order valence-corrected chi connectivity index (χ1v) is 9.74. The van der Waals surface area contributed by atoms with Gasteiger partial charge in [-0.15, -0.1) is 0 Å². The van der Waals surface area contributed by atoms with Crippen molar-refractivity contribution >= 4 is 16.9 Å². The minimum absolute atomic E-state index is 0.0244. The van der Waals surface area contributed by atoms with E-state index in [-0.39, 0.29) is 12.3 Å². The molecule has 1 aromatic carbocycles. The molecule has 1 aromatic heterocycles. The van der Waals surface area contributed by atoms with E-state index in [1.54, 1.807) is 0 Å². The van der Waals surface area contributed by atoms with Crippen molar-refractivity contribution in [3.63, 3.8) is 0 Å². The normalized spacial score (nSPS) is 11.2. The molecule has 0 aliphatic heterocycles. The third-order valence-corrected chi connectivity index (χ3v) is 4.84. The second kappa shape index (κ2) is 10.2. The molecule has 0 bridgehead atoms. The number of unbranched alkanes of at least 4 members (excludes halogenated alkanes) is 7. The fraction of sp³-hybridized carbons (Fsp3) is 0.619. The summed E-state index contributed by atoms with van der Waals surface area (Å²) in [5, 5.41) is 8.03. The van der Waals surface area contributed by atoms with Gasteiger partial charge in [0.1, 0.15) is 5.69 Å². The van der Waals surface area contributed by atoms with Crippen molar-refractivity contribution in [1.29, 1.82) is 0 Å². The first-order chi connectivity index (χ1) is 12.1. The zero-order chi connectivity index (χ0) is 18.1. The number of aromatic nitrogens is 1. The van der Waals surface area contributed by atoms with Crippen molar-refractivity contribution in [1.82, 2.24) is 10.5 Å². The lowest BCUT2D eigenvalue weighted by molar-refractivity contribution is -0.120. The summed E-state index contributed by atoms with van der Waals surface area (Å²) in [5.74, 6) is 0.0244. The lowest BCUT2D eigenvalue weighted by Crippen LogP contribution is -2.26. The summed E-state index contributed by atoms with van der Waals surface area (Å²) in [5.41, 5.74) is 3.85. The van der Waals surface area contributed by atoms with Crippen LogP contribution in [0.15, 0.2) is 16.7 Å². The van der Waals surface area contributed by atoms with E-state index in [1.165, 1.54) is 56.1 Å². The maximum atomic E-state index is 12.1. The van der Waals surface area contributed by atoms with Crippen LogP contribution >= 0.6 is 0 Å². The van der Waals surface area contributed by atoms with Crippen molar-refractivity contribution in [3.05, 3.63) is 29.0 Å². The predicted molar refractivity (Wildman–Crippen MR) is 103 cm³/mol. The summed E-state index contributed by atoms with van der Waals surface area (Å²) in [7, 11) is 0. The van der Waals surface area contributed by atoms with Crippen molar-refractivity contribution in [2.45, 2.75) is 78.6 Å². The monoisotopic (exact) mass is 344 g/mol. The van der Waals surface area contributed by atoms with Crippen LogP contribution in [0.5, 0.6) is 0 Å². The molecular weight excluding hydrogens is 312 g/mol. The molecule has 0 spiro atoms. The lowest BCUT2D eigenvalue weighted by Gasteiger charge is -2.05. The van der Waals surface area contributed by atoms with Crippen molar-refractivity contribution in [2.24, 2.45) is 0 Å². The maximum absolute atomic E-state index is 12.1. The summed E-state index contributed by atoms with van der Waals surface area (Å²) in [4.78, 5) is 12.1. The van der Waals surface area contributed by atoms with Crippen LogP contribution in [-0.2, 0) is 11.2 Å². The van der Waals surface area contributed by atoms with Gasteiger partial charge in [-0.2, -0.15) is 0 Å². The van der Waals surface area contributed by atoms with E-state index < -0.39 is 0 Å². The van der Waals surface area contributed by atoms with Gasteiger partial charge in [0.05, 0.1) is 6.42 Å². The fourth-order valence-corrected chi connectivity index (χ4v) is 3.07. The number of nitrogens with zero attached hydrogens (tertiary/aromatic N) is 1. The molecule has 0 radical (unpaired) electrons. The summed E-state index contributed by atoms with van der Waals surface area (Å²) in [6, 6.07) is 4.04. The van der Waals surface area contributed by atoms with Crippen LogP contribution in [0.1, 0.15) is 75.1 Å². The zero-order valence-corrected chi connectivity index (χ0v) is 16.0. The van der Waals surface area contributed by atoms with E-state index in [2.05, 4.69) is 30.4 Å². The van der Waals surface area contributed by atoms with Crippen LogP contribution in [0.25, 0.3) is 11.0 Å². The number of rotatable bonds is 11. The molecule has 1 N–H and O–H groups in total. The molecule has 4 nitrogen and oxygen atoms in total. The molecule has 4 heteroatoms. The van der Waals surface area contributed by atoms with Crippen LogP contribution in [0.2, 0.25) is 0 Å². The molecule has 2 rings (SSSR count). The van der Waals surface area contributed by atoms with E-state index in [4.69, 9.17) is 4.52 Å². The van der Waals surface area contributed by atoms with Crippen LogP contribution in [0.4, 0.5) is 0 Å². The van der Waals surface area contributed by atoms with Gasteiger partial charge in [0.15, 0.2) is 5.58 Å². The number of amides is 1. The molecule has 0 aliphatic rings. The van der Waals surface area contributed by atoms with Gasteiger partial charge >= 0.3 is 0 Å². The van der Waals surface area contributed by atoms with Gasteiger partial charge in [-0.3, -0.25) is 4.79 Å². The number of hydrogen-bond donors (Lipinski definition) is 1. The van der Waals surface area contributed by atoms with Gasteiger partial charge in [0, 0.05) is 11.9 Å². The Kier molecular flexibility index (Phi) is 7.96. The average molecular weight is 344 g/mol. The minimum Gasteiger partial charge on any atom is -0.356 e. The molecule has 0 saturated heterocycles. The van der Waals surface area contributed by atoms with E-state index in [9.17, 15) is 4.79 Å². The van der Waals surface area contributed by atoms with Gasteiger partial charge in [0.25, 0.3) is 0 Å². The average Bonchev–Trinajstić information content (AvgIpc) is 2.95. The highest BCUT2D eigenvalue weighted by atomic mass is 16.5. The number of benzene rings is 1. The number of carbonyl (C=O) groups excluding carboxylic acids is 1. The molecular formula is C21H32N2O2. The molecule has 1 heterocycles. The number of aryl methyl sites for hydroxylation is 2. The topological polar surface area (TPSA) is 55.1 Å². The molecule has 2 aromatic rings. The Morgan fingerprint density at radius 2 is 1.64 bits per heavy atom. The number of carbonyl (C=O) groups is 1. The third kappa shape index (κ3) is 6.18. The number of fused-ring (bicyclic) bond motifs is 1. The van der Waals surface area contributed by atoms with E-state index in [0.29, 0.717) is 0 Å². The van der Waals surface area contributed by atoms with Crippen LogP contribution in [-0.4, -0.2) is 17.6 Å². The molecule has 0 fully saturated rings. The Bertz CT molecular complexity index is 676. The quantitative estimate of drug-likeness (QED) is 0.567. The predicted octanol–water partition coefficient (Wildman–Crippen LogP) is 5.24. The SMILES string of the molecule is CCCCCCCCCCNC(=O)Cc1noc2cc(C)c(C)cc12. The fourth-order valence-electron chi connectivity index (χ4n) is 3.07. The van der Waals surface area contributed by atoms with Crippen LogP contribution < -0.4 is 5.32 Å². The van der Waals surface area contributed by atoms with Crippen LogP contribution in [0, 0.1) is 13.8 Å². The van der Waals surface area contributed by atoms with E-state index in [0.717, 1.165) is 29.6 Å². The zero-order valence-electron chi connectivity index (χ0n) is 16.0. The summed E-state index contributed by atoms with van der Waals surface area (Å²) in [6.07, 6.45) is 10.5. The molecule has 0 aliphatic carbocycles. The first kappa shape index (κ1) is 19.5. The standard InChI is InChI=1S/C21H32N2O2/c1-4-5-6-7-8-9-10-11-12-22-21(24)15-19-18-13-16(2)17(3)14-20(18)25-23-19/h13-14H,4-12,15H2,1-3H3,(H,22,24). The van der Waals surface area contributed by atoms with Crippen molar-refractivity contribution in [3.8, 4) is 0 Å². The largest absolute Gasteiger partial charge is 0.356 e. The van der Waals surface area contributed by atoms with Gasteiger partial charge in [-0.25, -0.2) is 0 Å². The van der Waals surface area contributed by atoms with Gasteiger partial charge < -0.3 is 9.84 Å². The Labute approximate surface area is 151 Å². The molecule has 138 valence electrons. The second-order valence-corrected chi connectivity index (χ2v) is 7.06. The summed E-state index contributed by atoms with van der Waals surface area (Å²) >= 11 is 0. The Morgan fingerprint density at radius 3 is 2.36 bits per heavy atom. The van der Waals surface area contributed by atoms with Crippen LogP contribution in [0.3, 0.4) is 0 Å². The van der Waals surface area contributed by atoms with Crippen molar-refractivity contribution in [2.75, 3.05) is 6.54 Å². The maximum Gasteiger partial charge on any atom is 0.226 e. The van der Waals surface area contributed by atoms with Gasteiger partial charge in [0.2, 0.25) is 5.91 Å². The molecule has 25 heavy (non-hydrogen) atoms.